The van der Waals surface area contributed by atoms with E-state index in [0.29, 0.717) is 6.07 Å². The summed E-state index contributed by atoms with van der Waals surface area (Å²) in [6, 6.07) is 2.62. The van der Waals surface area contributed by atoms with Gasteiger partial charge in [0.25, 0.3) is 0 Å². The lowest BCUT2D eigenvalue weighted by atomic mass is 10.1. The zero-order valence-corrected chi connectivity index (χ0v) is 9.15. The number of halogens is 4. The van der Waals surface area contributed by atoms with Crippen LogP contribution in [0.4, 0.5) is 17.6 Å². The topological polar surface area (TPSA) is 17.1 Å². The van der Waals surface area contributed by atoms with Gasteiger partial charge in [-0.15, -0.1) is 0 Å². The fourth-order valence-corrected chi connectivity index (χ4v) is 1.02. The molecule has 0 unspecified atom stereocenters. The van der Waals surface area contributed by atoms with Gasteiger partial charge in [-0.2, -0.15) is 13.2 Å². The Morgan fingerprint density at radius 1 is 1.19 bits per heavy atom. The lowest BCUT2D eigenvalue weighted by molar-refractivity contribution is -0.140. The minimum atomic E-state index is -4.77. The van der Waals surface area contributed by atoms with Gasteiger partial charge in [0.2, 0.25) is 0 Å². The van der Waals surface area contributed by atoms with Gasteiger partial charge >= 0.3 is 6.18 Å². The molecule has 1 rings (SSSR count). The van der Waals surface area contributed by atoms with Crippen LogP contribution >= 0.6 is 0 Å². The maximum Gasteiger partial charge on any atom is 0.419 e. The minimum absolute atomic E-state index is 0.542. The van der Waals surface area contributed by atoms with Crippen LogP contribution in [-0.2, 0) is 6.18 Å². The van der Waals surface area contributed by atoms with E-state index < -0.39 is 28.9 Å². The third kappa shape index (κ3) is 3.32. The number of rotatable bonds is 1. The number of ketones is 1. The van der Waals surface area contributed by atoms with Gasteiger partial charge in [-0.25, -0.2) is 4.39 Å². The number of carbonyl (C=O) groups is 1. The molecule has 0 N–H and O–H groups in total. The second-order valence-electron chi connectivity index (χ2n) is 2.72. The predicted octanol–water partition coefficient (Wildman–Crippen LogP) is 4.07. The molecule has 1 nitrogen and oxygen atoms in total. The Balaban J connectivity index is 0.00000106. The van der Waals surface area contributed by atoms with Crippen LogP contribution in [-0.4, -0.2) is 5.78 Å². The molecule has 0 aliphatic heterocycles. The molecule has 0 radical (unpaired) electrons. The van der Waals surface area contributed by atoms with Crippen LogP contribution in [0, 0.1) is 5.82 Å². The highest BCUT2D eigenvalue weighted by Gasteiger charge is 2.35. The first kappa shape index (κ1) is 14.6. The van der Waals surface area contributed by atoms with Crippen molar-refractivity contribution in [3.63, 3.8) is 0 Å². The van der Waals surface area contributed by atoms with Gasteiger partial charge in [-0.1, -0.05) is 19.9 Å². The van der Waals surface area contributed by atoms with E-state index in [4.69, 9.17) is 0 Å². The molecule has 0 heterocycles. The van der Waals surface area contributed by atoms with Gasteiger partial charge < -0.3 is 0 Å². The monoisotopic (exact) mass is 236 g/mol. The van der Waals surface area contributed by atoms with E-state index in [0.717, 1.165) is 19.1 Å². The molecule has 0 spiro atoms. The van der Waals surface area contributed by atoms with E-state index in [-0.39, 0.29) is 0 Å². The Morgan fingerprint density at radius 2 is 1.69 bits per heavy atom. The summed E-state index contributed by atoms with van der Waals surface area (Å²) >= 11 is 0. The molecular formula is C11H12F4O. The molecule has 0 bridgehead atoms. The van der Waals surface area contributed by atoms with Crippen molar-refractivity contribution < 1.29 is 22.4 Å². The molecular weight excluding hydrogens is 224 g/mol. The lowest BCUT2D eigenvalue weighted by Crippen LogP contribution is -2.11. The van der Waals surface area contributed by atoms with Crippen molar-refractivity contribution in [1.82, 2.24) is 0 Å². The van der Waals surface area contributed by atoms with Crippen LogP contribution in [0.5, 0.6) is 0 Å². The standard InChI is InChI=1S/C9H6F4O.C2H6/c1-5(14)6-3-2-4-7(8(6)10)9(11,12)13;1-2/h2-4H,1H3;1-2H3. The molecule has 0 aliphatic carbocycles. The fourth-order valence-electron chi connectivity index (χ4n) is 1.02. The highest BCUT2D eigenvalue weighted by atomic mass is 19.4. The van der Waals surface area contributed by atoms with Crippen LogP contribution in [0.15, 0.2) is 18.2 Å². The number of Topliss-reactive ketones (excluding diaryl/α,β-unsaturated/α-hetero) is 1. The van der Waals surface area contributed by atoms with Crippen molar-refractivity contribution >= 4 is 5.78 Å². The first-order valence-corrected chi connectivity index (χ1v) is 4.70. The molecule has 0 aromatic heterocycles. The van der Waals surface area contributed by atoms with Gasteiger partial charge in [0.05, 0.1) is 11.1 Å². The van der Waals surface area contributed by atoms with Crippen LogP contribution in [0.25, 0.3) is 0 Å². The van der Waals surface area contributed by atoms with Gasteiger partial charge in [-0.3, -0.25) is 4.79 Å². The highest BCUT2D eigenvalue weighted by Crippen LogP contribution is 2.32. The SMILES string of the molecule is CC.CC(=O)c1cccc(C(F)(F)F)c1F. The summed E-state index contributed by atoms with van der Waals surface area (Å²) in [5.74, 6) is -2.24. The van der Waals surface area contributed by atoms with E-state index >= 15 is 0 Å². The summed E-state index contributed by atoms with van der Waals surface area (Å²) in [5, 5.41) is 0. The average molecular weight is 236 g/mol. The minimum Gasteiger partial charge on any atom is -0.294 e. The van der Waals surface area contributed by atoms with Crippen LogP contribution in [0.3, 0.4) is 0 Å². The molecule has 0 saturated carbocycles. The summed E-state index contributed by atoms with van der Waals surface area (Å²) in [6.07, 6.45) is -4.77. The van der Waals surface area contributed by atoms with Gasteiger partial charge in [0, 0.05) is 0 Å². The zero-order valence-electron chi connectivity index (χ0n) is 9.15. The number of benzene rings is 1. The second kappa shape index (κ2) is 5.63. The second-order valence-corrected chi connectivity index (χ2v) is 2.72. The van der Waals surface area contributed by atoms with E-state index in [2.05, 4.69) is 0 Å². The van der Waals surface area contributed by atoms with Crippen molar-refractivity contribution in [2.45, 2.75) is 26.9 Å². The molecule has 0 amide bonds. The molecule has 90 valence electrons. The average Bonchev–Trinajstić information content (AvgIpc) is 2.19. The summed E-state index contributed by atoms with van der Waals surface area (Å²) in [5.41, 5.74) is -1.95. The van der Waals surface area contributed by atoms with Crippen molar-refractivity contribution in [3.8, 4) is 0 Å². The maximum absolute atomic E-state index is 13.1. The van der Waals surface area contributed by atoms with Crippen molar-refractivity contribution in [2.75, 3.05) is 0 Å². The van der Waals surface area contributed by atoms with E-state index in [9.17, 15) is 22.4 Å². The molecule has 0 saturated heterocycles. The van der Waals surface area contributed by atoms with Crippen LogP contribution in [0.1, 0.15) is 36.7 Å². The van der Waals surface area contributed by atoms with Gasteiger partial charge in [-0.05, 0) is 19.1 Å². The van der Waals surface area contributed by atoms with Gasteiger partial charge in [0.15, 0.2) is 5.78 Å². The van der Waals surface area contributed by atoms with E-state index in [1.807, 2.05) is 13.8 Å². The van der Waals surface area contributed by atoms with Gasteiger partial charge in [0.1, 0.15) is 5.82 Å². The number of hydrogen-bond donors (Lipinski definition) is 0. The fraction of sp³-hybridized carbons (Fsp3) is 0.364. The Morgan fingerprint density at radius 3 is 2.06 bits per heavy atom. The Hall–Kier alpha value is -1.39. The van der Waals surface area contributed by atoms with E-state index in [1.54, 1.807) is 0 Å². The first-order chi connectivity index (χ1) is 7.34. The summed E-state index contributed by atoms with van der Waals surface area (Å²) in [6.45, 7) is 5.01. The quantitative estimate of drug-likeness (QED) is 0.530. The Labute approximate surface area is 91.1 Å². The third-order valence-corrected chi connectivity index (χ3v) is 1.68. The van der Waals surface area contributed by atoms with Crippen LogP contribution < -0.4 is 0 Å². The number of carbonyl (C=O) groups excluding carboxylic acids is 1. The number of hydrogen-bond acceptors (Lipinski definition) is 1. The predicted molar refractivity (Wildman–Crippen MR) is 52.8 cm³/mol. The Kier molecular flexibility index (Phi) is 5.14. The normalized spacial score (nSPS) is 10.4. The zero-order chi connectivity index (χ0) is 12.9. The molecule has 5 heteroatoms. The molecule has 0 atom stereocenters. The molecule has 16 heavy (non-hydrogen) atoms. The van der Waals surface area contributed by atoms with Crippen molar-refractivity contribution in [1.29, 1.82) is 0 Å². The first-order valence-electron chi connectivity index (χ1n) is 4.70. The third-order valence-electron chi connectivity index (χ3n) is 1.68. The maximum atomic E-state index is 13.1. The summed E-state index contributed by atoms with van der Waals surface area (Å²) in [7, 11) is 0. The van der Waals surface area contributed by atoms with Crippen molar-refractivity contribution in [3.05, 3.63) is 35.1 Å². The molecule has 1 aromatic rings. The summed E-state index contributed by atoms with van der Waals surface area (Å²) in [4.78, 5) is 10.7. The van der Waals surface area contributed by atoms with Crippen molar-refractivity contribution in [2.24, 2.45) is 0 Å². The molecule has 0 aliphatic rings. The molecule has 1 aromatic carbocycles. The Bertz CT molecular complexity index is 369. The summed E-state index contributed by atoms with van der Waals surface area (Å²) < 4.78 is 49.5. The lowest BCUT2D eigenvalue weighted by Gasteiger charge is -2.09. The van der Waals surface area contributed by atoms with E-state index in [1.165, 1.54) is 0 Å². The highest BCUT2D eigenvalue weighted by molar-refractivity contribution is 5.94. The largest absolute Gasteiger partial charge is 0.419 e. The molecule has 0 fully saturated rings. The smallest absolute Gasteiger partial charge is 0.294 e. The van der Waals surface area contributed by atoms with Crippen LogP contribution in [0.2, 0.25) is 0 Å². The number of alkyl halides is 3.